The van der Waals surface area contributed by atoms with Gasteiger partial charge in [-0.05, 0) is 45.2 Å². The number of hydrogen-bond acceptors (Lipinski definition) is 6. The molecule has 1 N–H and O–H groups in total. The summed E-state index contributed by atoms with van der Waals surface area (Å²) in [4.78, 5) is 7.42. The molecule has 9 heteroatoms. The van der Waals surface area contributed by atoms with Crippen LogP contribution in [0.5, 0.6) is 0 Å². The van der Waals surface area contributed by atoms with Crippen LogP contribution in [-0.4, -0.2) is 28.2 Å². The Bertz CT molecular complexity index is 627. The highest BCUT2D eigenvalue weighted by atomic mass is 35.5. The number of rotatable bonds is 9. The molecule has 1 atom stereocenters. The van der Waals surface area contributed by atoms with Gasteiger partial charge in [0.05, 0.1) is 18.4 Å². The summed E-state index contributed by atoms with van der Waals surface area (Å²) in [7, 11) is -3.42. The molecule has 1 aromatic heterocycles. The van der Waals surface area contributed by atoms with E-state index in [0.717, 1.165) is 6.20 Å². The third-order valence-electron chi connectivity index (χ3n) is 2.93. The van der Waals surface area contributed by atoms with Crippen molar-refractivity contribution in [3.63, 3.8) is 0 Å². The SMILES string of the molecule is CC(C)OP(=O)(/C=C/[C@@H](Nc1nc(Cl)ncc1F)C(C)C)OC(C)C. The van der Waals surface area contributed by atoms with E-state index in [1.807, 2.05) is 13.8 Å². The topological polar surface area (TPSA) is 73.3 Å². The summed E-state index contributed by atoms with van der Waals surface area (Å²) >= 11 is 5.71. The van der Waals surface area contributed by atoms with E-state index < -0.39 is 13.4 Å². The quantitative estimate of drug-likeness (QED) is 0.455. The first-order valence-electron chi connectivity index (χ1n) is 8.13. The van der Waals surface area contributed by atoms with E-state index in [1.54, 1.807) is 33.8 Å². The normalized spacial score (nSPS) is 14.0. The molecule has 0 spiro atoms. The van der Waals surface area contributed by atoms with Crippen LogP contribution in [0, 0.1) is 11.7 Å². The van der Waals surface area contributed by atoms with Crippen molar-refractivity contribution in [3.8, 4) is 0 Å². The van der Waals surface area contributed by atoms with E-state index in [4.69, 9.17) is 20.6 Å². The molecule has 0 saturated carbocycles. The van der Waals surface area contributed by atoms with Crippen LogP contribution in [0.15, 0.2) is 18.1 Å². The number of anilines is 1. The maximum absolute atomic E-state index is 13.8. The molecule has 142 valence electrons. The van der Waals surface area contributed by atoms with Crippen LogP contribution in [0.4, 0.5) is 10.2 Å². The fraction of sp³-hybridized carbons (Fsp3) is 0.625. The first-order valence-corrected chi connectivity index (χ1v) is 10.1. The van der Waals surface area contributed by atoms with Gasteiger partial charge in [0.2, 0.25) is 5.28 Å². The Labute approximate surface area is 153 Å². The molecule has 6 nitrogen and oxygen atoms in total. The predicted octanol–water partition coefficient (Wildman–Crippen LogP) is 5.26. The molecule has 0 saturated heterocycles. The van der Waals surface area contributed by atoms with Gasteiger partial charge in [0, 0.05) is 11.9 Å². The second-order valence-electron chi connectivity index (χ2n) is 6.44. The summed E-state index contributed by atoms with van der Waals surface area (Å²) in [6.07, 6.45) is 2.11. The van der Waals surface area contributed by atoms with Gasteiger partial charge in [-0.25, -0.2) is 9.37 Å². The summed E-state index contributed by atoms with van der Waals surface area (Å²) in [5, 5.41) is 2.87. The molecule has 1 heterocycles. The van der Waals surface area contributed by atoms with Crippen LogP contribution in [0.25, 0.3) is 0 Å². The third-order valence-corrected chi connectivity index (χ3v) is 5.08. The molecule has 0 unspecified atom stereocenters. The molecule has 1 rings (SSSR count). The second-order valence-corrected chi connectivity index (χ2v) is 8.58. The summed E-state index contributed by atoms with van der Waals surface area (Å²) in [5.41, 5.74) is 0. The predicted molar refractivity (Wildman–Crippen MR) is 98.4 cm³/mol. The van der Waals surface area contributed by atoms with E-state index in [1.165, 1.54) is 5.82 Å². The highest BCUT2D eigenvalue weighted by Crippen LogP contribution is 2.52. The highest BCUT2D eigenvalue weighted by Gasteiger charge is 2.25. The minimum absolute atomic E-state index is 0.0206. The Morgan fingerprint density at radius 2 is 1.76 bits per heavy atom. The van der Waals surface area contributed by atoms with Gasteiger partial charge in [-0.3, -0.25) is 4.57 Å². The minimum atomic E-state index is -3.42. The summed E-state index contributed by atoms with van der Waals surface area (Å²) < 4.78 is 37.6. The zero-order valence-electron chi connectivity index (χ0n) is 15.4. The van der Waals surface area contributed by atoms with Gasteiger partial charge in [-0.2, -0.15) is 4.98 Å². The Morgan fingerprint density at radius 1 is 1.20 bits per heavy atom. The number of nitrogens with zero attached hydrogens (tertiary/aromatic N) is 2. The largest absolute Gasteiger partial charge is 0.361 e. The summed E-state index contributed by atoms with van der Waals surface area (Å²) in [5.74, 6) is 0.818. The number of aromatic nitrogens is 2. The first kappa shape index (κ1) is 22.0. The average molecular weight is 394 g/mol. The van der Waals surface area contributed by atoms with Gasteiger partial charge >= 0.3 is 7.60 Å². The molecule has 25 heavy (non-hydrogen) atoms. The van der Waals surface area contributed by atoms with Gasteiger partial charge in [0.25, 0.3) is 0 Å². The van der Waals surface area contributed by atoms with E-state index in [0.29, 0.717) is 0 Å². The Kier molecular flexibility index (Phi) is 8.48. The Morgan fingerprint density at radius 3 is 2.24 bits per heavy atom. The van der Waals surface area contributed by atoms with Gasteiger partial charge in [-0.15, -0.1) is 0 Å². The van der Waals surface area contributed by atoms with Crippen LogP contribution in [-0.2, 0) is 13.6 Å². The molecule has 0 amide bonds. The van der Waals surface area contributed by atoms with E-state index >= 15 is 0 Å². The minimum Gasteiger partial charge on any atom is -0.361 e. The molecule has 0 radical (unpaired) electrons. The lowest BCUT2D eigenvalue weighted by molar-refractivity contribution is 0.149. The van der Waals surface area contributed by atoms with Crippen molar-refractivity contribution in [3.05, 3.63) is 29.2 Å². The molecule has 1 aromatic rings. The van der Waals surface area contributed by atoms with Crippen molar-refractivity contribution < 1.29 is 18.0 Å². The van der Waals surface area contributed by atoms with Gasteiger partial charge in [0.15, 0.2) is 11.6 Å². The molecule has 0 fully saturated rings. The monoisotopic (exact) mass is 393 g/mol. The van der Waals surface area contributed by atoms with Crippen molar-refractivity contribution >= 4 is 25.0 Å². The molecule has 0 aromatic carbocycles. The van der Waals surface area contributed by atoms with Gasteiger partial charge in [-0.1, -0.05) is 19.9 Å². The molecule has 0 aliphatic rings. The third kappa shape index (κ3) is 7.82. The maximum atomic E-state index is 13.8. The first-order chi connectivity index (χ1) is 11.5. The fourth-order valence-electron chi connectivity index (χ4n) is 1.92. The lowest BCUT2D eigenvalue weighted by Gasteiger charge is -2.23. The molecular formula is C16H26ClFN3O3P. The van der Waals surface area contributed by atoms with Gasteiger partial charge in [0.1, 0.15) is 0 Å². The van der Waals surface area contributed by atoms with Crippen LogP contribution >= 0.6 is 19.2 Å². The number of hydrogen-bond donors (Lipinski definition) is 1. The zero-order chi connectivity index (χ0) is 19.2. The zero-order valence-corrected chi connectivity index (χ0v) is 17.0. The van der Waals surface area contributed by atoms with E-state index in [2.05, 4.69) is 15.3 Å². The van der Waals surface area contributed by atoms with Crippen LogP contribution in [0.2, 0.25) is 5.28 Å². The molecule has 0 aliphatic carbocycles. The lowest BCUT2D eigenvalue weighted by Crippen LogP contribution is -2.24. The van der Waals surface area contributed by atoms with Crippen molar-refractivity contribution in [2.45, 2.75) is 59.8 Å². The molecule has 0 aliphatic heterocycles. The Balaban J connectivity index is 3.03. The summed E-state index contributed by atoms with van der Waals surface area (Å²) in [6, 6.07) is -0.361. The van der Waals surface area contributed by atoms with Crippen LogP contribution in [0.3, 0.4) is 0 Å². The lowest BCUT2D eigenvalue weighted by atomic mass is 10.1. The fourth-order valence-corrected chi connectivity index (χ4v) is 3.82. The van der Waals surface area contributed by atoms with Crippen molar-refractivity contribution in [1.82, 2.24) is 9.97 Å². The number of nitrogens with one attached hydrogen (secondary N) is 1. The molecule has 0 bridgehead atoms. The van der Waals surface area contributed by atoms with Gasteiger partial charge < -0.3 is 14.4 Å². The Hall–Kier alpha value is -1.01. The number of halogens is 2. The van der Waals surface area contributed by atoms with Crippen LogP contribution < -0.4 is 5.32 Å². The highest BCUT2D eigenvalue weighted by molar-refractivity contribution is 7.57. The maximum Gasteiger partial charge on any atom is 0.354 e. The van der Waals surface area contributed by atoms with E-state index in [-0.39, 0.29) is 35.3 Å². The van der Waals surface area contributed by atoms with Crippen molar-refractivity contribution in [2.24, 2.45) is 5.92 Å². The van der Waals surface area contributed by atoms with Crippen molar-refractivity contribution in [1.29, 1.82) is 0 Å². The standard InChI is InChI=1S/C16H26ClFN3O3P/c1-10(2)14(20-15-13(18)9-19-16(17)21-15)7-8-25(22,23-11(3)4)24-12(5)6/h7-12,14H,1-6H3,(H,19,20,21)/b8-7+/t14-/m1/s1. The molecular weight excluding hydrogens is 368 g/mol. The van der Waals surface area contributed by atoms with Crippen molar-refractivity contribution in [2.75, 3.05) is 5.32 Å². The average Bonchev–Trinajstić information content (AvgIpc) is 2.44. The summed E-state index contributed by atoms with van der Waals surface area (Å²) in [6.45, 7) is 11.0. The smallest absolute Gasteiger partial charge is 0.354 e. The second kappa shape index (κ2) is 9.62. The van der Waals surface area contributed by atoms with Crippen LogP contribution in [0.1, 0.15) is 41.5 Å². The van der Waals surface area contributed by atoms with E-state index in [9.17, 15) is 8.96 Å².